The molecule has 0 saturated carbocycles. The van der Waals surface area contributed by atoms with Gasteiger partial charge in [0.05, 0.1) is 10.6 Å². The average Bonchev–Trinajstić information content (AvgIpc) is 2.86. The SMILES string of the molecule is O=C1NC(=O)/C(=C/c2ccnc(N3CCC(CCI)CC3)n2)S1. The Hall–Kier alpha value is -1.16. The highest BCUT2D eigenvalue weighted by Gasteiger charge is 2.25. The van der Waals surface area contributed by atoms with E-state index >= 15 is 0 Å². The van der Waals surface area contributed by atoms with Gasteiger partial charge in [0.1, 0.15) is 0 Å². The highest BCUT2D eigenvalue weighted by atomic mass is 127. The Morgan fingerprint density at radius 2 is 2.17 bits per heavy atom. The number of aromatic nitrogens is 2. The fourth-order valence-corrected chi connectivity index (χ4v) is 4.27. The van der Waals surface area contributed by atoms with Crippen molar-refractivity contribution in [1.82, 2.24) is 15.3 Å². The first kappa shape index (κ1) is 16.7. The summed E-state index contributed by atoms with van der Waals surface area (Å²) in [7, 11) is 0. The molecule has 1 aromatic heterocycles. The second kappa shape index (κ2) is 7.61. The molecule has 0 unspecified atom stereocenters. The third kappa shape index (κ3) is 4.23. The van der Waals surface area contributed by atoms with E-state index < -0.39 is 0 Å². The molecule has 3 rings (SSSR count). The lowest BCUT2D eigenvalue weighted by Gasteiger charge is -2.31. The number of halogens is 1. The number of alkyl halides is 1. The summed E-state index contributed by atoms with van der Waals surface area (Å²) < 4.78 is 1.21. The second-order valence-electron chi connectivity index (χ2n) is 5.54. The van der Waals surface area contributed by atoms with Crippen LogP contribution in [-0.4, -0.2) is 38.6 Å². The van der Waals surface area contributed by atoms with Gasteiger partial charge in [0, 0.05) is 19.3 Å². The van der Waals surface area contributed by atoms with Crippen molar-refractivity contribution in [1.29, 1.82) is 0 Å². The van der Waals surface area contributed by atoms with E-state index in [2.05, 4.69) is 42.8 Å². The maximum Gasteiger partial charge on any atom is 0.290 e. The van der Waals surface area contributed by atoms with Crippen LogP contribution in [0.25, 0.3) is 6.08 Å². The summed E-state index contributed by atoms with van der Waals surface area (Å²) in [6.45, 7) is 1.93. The van der Waals surface area contributed by atoms with Crippen molar-refractivity contribution in [3.8, 4) is 0 Å². The predicted molar refractivity (Wildman–Crippen MR) is 99.6 cm³/mol. The molecule has 0 radical (unpaired) electrons. The van der Waals surface area contributed by atoms with Crippen LogP contribution in [0.2, 0.25) is 0 Å². The highest BCUT2D eigenvalue weighted by molar-refractivity contribution is 14.1. The van der Waals surface area contributed by atoms with Crippen molar-refractivity contribution in [3.63, 3.8) is 0 Å². The van der Waals surface area contributed by atoms with Crippen molar-refractivity contribution >= 4 is 57.5 Å². The molecule has 3 heterocycles. The van der Waals surface area contributed by atoms with Gasteiger partial charge < -0.3 is 4.90 Å². The number of hydrogen-bond donors (Lipinski definition) is 1. The fourth-order valence-electron chi connectivity index (χ4n) is 2.73. The monoisotopic (exact) mass is 444 g/mol. The zero-order valence-electron chi connectivity index (χ0n) is 12.5. The first-order valence-electron chi connectivity index (χ1n) is 7.54. The Labute approximate surface area is 152 Å². The van der Waals surface area contributed by atoms with E-state index in [1.165, 1.54) is 23.7 Å². The molecule has 2 fully saturated rings. The molecule has 2 aliphatic heterocycles. The van der Waals surface area contributed by atoms with Crippen LogP contribution in [0, 0.1) is 5.92 Å². The van der Waals surface area contributed by atoms with E-state index in [1.807, 2.05) is 0 Å². The number of anilines is 1. The summed E-state index contributed by atoms with van der Waals surface area (Å²) >= 11 is 3.34. The number of imide groups is 1. The van der Waals surface area contributed by atoms with Gasteiger partial charge in [-0.05, 0) is 53.5 Å². The number of rotatable bonds is 4. The lowest BCUT2D eigenvalue weighted by atomic mass is 9.95. The normalized spacial score (nSPS) is 21.1. The van der Waals surface area contributed by atoms with E-state index in [0.29, 0.717) is 16.5 Å². The zero-order chi connectivity index (χ0) is 16.2. The van der Waals surface area contributed by atoms with Gasteiger partial charge in [-0.3, -0.25) is 14.9 Å². The summed E-state index contributed by atoms with van der Waals surface area (Å²) in [6, 6.07) is 1.75. The standard InChI is InChI=1S/C15H17IN4O2S/c16-5-1-10-3-7-20(8-4-10)14-17-6-2-11(18-14)9-12-13(21)19-15(22)23-12/h2,6,9-10H,1,3-5,7-8H2,(H,19,21,22)/b12-9-. The Balaban J connectivity index is 1.70. The van der Waals surface area contributed by atoms with E-state index in [-0.39, 0.29) is 11.1 Å². The van der Waals surface area contributed by atoms with Crippen LogP contribution in [0.15, 0.2) is 17.2 Å². The lowest BCUT2D eigenvalue weighted by Crippen LogP contribution is -2.35. The molecular formula is C15H17IN4O2S. The molecule has 0 bridgehead atoms. The number of nitrogens with zero attached hydrogens (tertiary/aromatic N) is 3. The summed E-state index contributed by atoms with van der Waals surface area (Å²) in [5, 5.41) is 1.90. The van der Waals surface area contributed by atoms with E-state index in [9.17, 15) is 9.59 Å². The molecule has 2 amide bonds. The molecule has 23 heavy (non-hydrogen) atoms. The van der Waals surface area contributed by atoms with Crippen LogP contribution in [-0.2, 0) is 4.79 Å². The first-order valence-corrected chi connectivity index (χ1v) is 9.89. The molecule has 2 saturated heterocycles. The smallest absolute Gasteiger partial charge is 0.290 e. The topological polar surface area (TPSA) is 75.2 Å². The van der Waals surface area contributed by atoms with Crippen LogP contribution < -0.4 is 10.2 Å². The molecule has 0 aliphatic carbocycles. The Morgan fingerprint density at radius 1 is 1.39 bits per heavy atom. The molecule has 8 heteroatoms. The van der Waals surface area contributed by atoms with Crippen LogP contribution in [0.3, 0.4) is 0 Å². The van der Waals surface area contributed by atoms with Crippen molar-refractivity contribution in [2.45, 2.75) is 19.3 Å². The van der Waals surface area contributed by atoms with Gasteiger partial charge in [0.25, 0.3) is 11.1 Å². The minimum atomic E-state index is -0.361. The lowest BCUT2D eigenvalue weighted by molar-refractivity contribution is -0.115. The number of carbonyl (C=O) groups excluding carboxylic acids is 2. The second-order valence-corrected chi connectivity index (χ2v) is 7.64. The highest BCUT2D eigenvalue weighted by Crippen LogP contribution is 2.26. The largest absolute Gasteiger partial charge is 0.341 e. The fraction of sp³-hybridized carbons (Fsp3) is 0.467. The number of thioether (sulfide) groups is 1. The minimum Gasteiger partial charge on any atom is -0.341 e. The maximum absolute atomic E-state index is 11.6. The number of carbonyl (C=O) groups is 2. The number of nitrogens with one attached hydrogen (secondary N) is 1. The van der Waals surface area contributed by atoms with E-state index in [1.54, 1.807) is 18.3 Å². The summed E-state index contributed by atoms with van der Waals surface area (Å²) in [6.07, 6.45) is 6.96. The molecule has 1 N–H and O–H groups in total. The third-order valence-electron chi connectivity index (χ3n) is 4.00. The van der Waals surface area contributed by atoms with Crippen molar-refractivity contribution < 1.29 is 9.59 Å². The van der Waals surface area contributed by atoms with Gasteiger partial charge in [-0.15, -0.1) is 0 Å². The number of piperidine rings is 1. The Kier molecular flexibility index (Phi) is 5.52. The Bertz CT molecular complexity index is 644. The van der Waals surface area contributed by atoms with Gasteiger partial charge in [-0.2, -0.15) is 0 Å². The summed E-state index contributed by atoms with van der Waals surface area (Å²) in [4.78, 5) is 34.2. The summed E-state index contributed by atoms with van der Waals surface area (Å²) in [5.41, 5.74) is 0.650. The zero-order valence-corrected chi connectivity index (χ0v) is 15.5. The molecule has 122 valence electrons. The van der Waals surface area contributed by atoms with Gasteiger partial charge in [0.2, 0.25) is 5.95 Å². The van der Waals surface area contributed by atoms with Crippen LogP contribution in [0.1, 0.15) is 25.0 Å². The molecule has 6 nitrogen and oxygen atoms in total. The average molecular weight is 444 g/mol. The third-order valence-corrected chi connectivity index (χ3v) is 5.43. The maximum atomic E-state index is 11.6. The van der Waals surface area contributed by atoms with Gasteiger partial charge in [-0.25, -0.2) is 9.97 Å². The number of hydrogen-bond acceptors (Lipinski definition) is 6. The Morgan fingerprint density at radius 3 is 2.83 bits per heavy atom. The molecule has 0 aromatic carbocycles. The minimum absolute atomic E-state index is 0.340. The van der Waals surface area contributed by atoms with Crippen LogP contribution in [0.5, 0.6) is 0 Å². The number of amides is 2. The van der Waals surface area contributed by atoms with Gasteiger partial charge in [0.15, 0.2) is 0 Å². The molecular weight excluding hydrogens is 427 g/mol. The first-order chi connectivity index (χ1) is 11.2. The van der Waals surface area contributed by atoms with E-state index in [0.717, 1.165) is 30.8 Å². The van der Waals surface area contributed by atoms with Crippen molar-refractivity contribution in [2.75, 3.05) is 22.4 Å². The molecule has 0 atom stereocenters. The molecule has 1 aromatic rings. The van der Waals surface area contributed by atoms with Gasteiger partial charge >= 0.3 is 0 Å². The molecule has 0 spiro atoms. The van der Waals surface area contributed by atoms with Crippen LogP contribution >= 0.6 is 34.4 Å². The van der Waals surface area contributed by atoms with Crippen molar-refractivity contribution in [3.05, 3.63) is 22.9 Å². The van der Waals surface area contributed by atoms with Crippen molar-refractivity contribution in [2.24, 2.45) is 5.92 Å². The summed E-state index contributed by atoms with van der Waals surface area (Å²) in [5.74, 6) is 1.14. The van der Waals surface area contributed by atoms with E-state index in [4.69, 9.17) is 0 Å². The van der Waals surface area contributed by atoms with Crippen LogP contribution in [0.4, 0.5) is 10.7 Å². The quantitative estimate of drug-likeness (QED) is 0.438. The predicted octanol–water partition coefficient (Wildman–Crippen LogP) is 2.84. The van der Waals surface area contributed by atoms with Gasteiger partial charge in [-0.1, -0.05) is 22.6 Å². The molecule has 2 aliphatic rings.